The van der Waals surface area contributed by atoms with Gasteiger partial charge in [0.25, 0.3) is 6.43 Å². The van der Waals surface area contributed by atoms with Crippen LogP contribution in [0.2, 0.25) is 0 Å². The van der Waals surface area contributed by atoms with Crippen LogP contribution in [-0.4, -0.2) is 29.2 Å². The van der Waals surface area contributed by atoms with E-state index < -0.39 is 12.5 Å². The maximum absolute atomic E-state index is 11.9. The minimum absolute atomic E-state index is 0.116. The van der Waals surface area contributed by atoms with E-state index >= 15 is 0 Å². The molecule has 2 atom stereocenters. The highest BCUT2D eigenvalue weighted by atomic mass is 32.1. The van der Waals surface area contributed by atoms with Crippen LogP contribution >= 0.6 is 11.3 Å². The van der Waals surface area contributed by atoms with Crippen molar-refractivity contribution in [2.45, 2.75) is 25.5 Å². The molecule has 0 aromatic carbocycles. The Morgan fingerprint density at radius 1 is 1.64 bits per heavy atom. The number of nitrogens with one attached hydrogen (secondary N) is 1. The minimum Gasteiger partial charge on any atom is -0.386 e. The minimum atomic E-state index is -2.70. The molecule has 1 heterocycles. The van der Waals surface area contributed by atoms with Crippen LogP contribution in [0.3, 0.4) is 0 Å². The molecule has 0 aliphatic carbocycles. The Labute approximate surface area is 84.8 Å². The standard InChI is InChI=1S/C8H12F2N2OS/c1-5(6-3-14-4-12-6)11-2-7(13)8(9)10/h3-5,7-8,11,13H,2H2,1H3. The van der Waals surface area contributed by atoms with Gasteiger partial charge in [0.1, 0.15) is 6.10 Å². The molecule has 2 unspecified atom stereocenters. The molecule has 1 aromatic rings. The third-order valence-corrected chi connectivity index (χ3v) is 2.42. The molecule has 0 saturated carbocycles. The molecule has 0 spiro atoms. The van der Waals surface area contributed by atoms with Crippen LogP contribution in [0.4, 0.5) is 8.78 Å². The van der Waals surface area contributed by atoms with Crippen LogP contribution in [0.1, 0.15) is 18.7 Å². The van der Waals surface area contributed by atoms with Crippen molar-refractivity contribution < 1.29 is 13.9 Å². The van der Waals surface area contributed by atoms with Gasteiger partial charge in [-0.3, -0.25) is 0 Å². The fourth-order valence-corrected chi connectivity index (χ4v) is 1.57. The zero-order valence-electron chi connectivity index (χ0n) is 7.65. The lowest BCUT2D eigenvalue weighted by molar-refractivity contribution is -0.00444. The smallest absolute Gasteiger partial charge is 0.265 e. The summed E-state index contributed by atoms with van der Waals surface area (Å²) in [6.07, 6.45) is -4.32. The molecule has 0 radical (unpaired) electrons. The van der Waals surface area contributed by atoms with Gasteiger partial charge in [0.15, 0.2) is 0 Å². The normalized spacial score (nSPS) is 15.8. The summed E-state index contributed by atoms with van der Waals surface area (Å²) in [6, 6.07) is -0.116. The van der Waals surface area contributed by atoms with Crippen LogP contribution in [-0.2, 0) is 0 Å². The number of hydrogen-bond acceptors (Lipinski definition) is 4. The van der Waals surface area contributed by atoms with Crippen molar-refractivity contribution in [1.29, 1.82) is 0 Å². The molecule has 2 N–H and O–H groups in total. The van der Waals surface area contributed by atoms with Gasteiger partial charge in [-0.2, -0.15) is 0 Å². The van der Waals surface area contributed by atoms with Gasteiger partial charge < -0.3 is 10.4 Å². The van der Waals surface area contributed by atoms with Crippen molar-refractivity contribution in [1.82, 2.24) is 10.3 Å². The molecule has 0 aliphatic heterocycles. The highest BCUT2D eigenvalue weighted by Crippen LogP contribution is 2.12. The Bertz CT molecular complexity index is 256. The van der Waals surface area contributed by atoms with E-state index in [0.717, 1.165) is 5.69 Å². The SMILES string of the molecule is CC(NCC(O)C(F)F)c1cscn1. The first kappa shape index (κ1) is 11.5. The Morgan fingerprint density at radius 3 is 2.86 bits per heavy atom. The molecule has 1 aromatic heterocycles. The van der Waals surface area contributed by atoms with Gasteiger partial charge in [-0.05, 0) is 6.92 Å². The summed E-state index contributed by atoms with van der Waals surface area (Å²) in [5.41, 5.74) is 2.48. The highest BCUT2D eigenvalue weighted by Gasteiger charge is 2.17. The molecular weight excluding hydrogens is 210 g/mol. The van der Waals surface area contributed by atoms with Crippen molar-refractivity contribution >= 4 is 11.3 Å². The van der Waals surface area contributed by atoms with E-state index in [1.807, 2.05) is 12.3 Å². The lowest BCUT2D eigenvalue weighted by atomic mass is 10.2. The predicted octanol–water partition coefficient (Wildman–Crippen LogP) is 1.42. The van der Waals surface area contributed by atoms with E-state index in [9.17, 15) is 8.78 Å². The predicted molar refractivity (Wildman–Crippen MR) is 50.5 cm³/mol. The van der Waals surface area contributed by atoms with E-state index in [4.69, 9.17) is 5.11 Å². The van der Waals surface area contributed by atoms with E-state index in [0.29, 0.717) is 0 Å². The number of aliphatic hydroxyl groups excluding tert-OH is 1. The first-order valence-electron chi connectivity index (χ1n) is 4.19. The Kier molecular flexibility index (Phi) is 4.37. The maximum atomic E-state index is 11.9. The molecule has 1 rings (SSSR count). The zero-order valence-corrected chi connectivity index (χ0v) is 8.47. The molecule has 14 heavy (non-hydrogen) atoms. The summed E-state index contributed by atoms with van der Waals surface area (Å²) >= 11 is 1.45. The van der Waals surface area contributed by atoms with E-state index in [-0.39, 0.29) is 12.6 Å². The van der Waals surface area contributed by atoms with E-state index in [1.54, 1.807) is 5.51 Å². The summed E-state index contributed by atoms with van der Waals surface area (Å²) in [4.78, 5) is 4.03. The van der Waals surface area contributed by atoms with Crippen molar-refractivity contribution in [2.24, 2.45) is 0 Å². The van der Waals surface area contributed by atoms with Gasteiger partial charge in [-0.1, -0.05) is 0 Å². The molecule has 80 valence electrons. The van der Waals surface area contributed by atoms with Gasteiger partial charge in [0, 0.05) is 18.0 Å². The highest BCUT2D eigenvalue weighted by molar-refractivity contribution is 7.07. The average Bonchev–Trinajstić information content (AvgIpc) is 2.66. The molecular formula is C8H12F2N2OS. The lowest BCUT2D eigenvalue weighted by Crippen LogP contribution is -2.33. The molecule has 6 heteroatoms. The maximum Gasteiger partial charge on any atom is 0.265 e. The molecule has 0 aliphatic rings. The largest absolute Gasteiger partial charge is 0.386 e. The quantitative estimate of drug-likeness (QED) is 0.792. The Balaban J connectivity index is 2.32. The summed E-state index contributed by atoms with van der Waals surface area (Å²) in [6.45, 7) is 1.68. The third-order valence-electron chi connectivity index (χ3n) is 1.82. The average molecular weight is 222 g/mol. The van der Waals surface area contributed by atoms with Crippen LogP contribution in [0, 0.1) is 0 Å². The number of aromatic nitrogens is 1. The summed E-state index contributed by atoms with van der Waals surface area (Å²) < 4.78 is 23.8. The zero-order chi connectivity index (χ0) is 10.6. The summed E-state index contributed by atoms with van der Waals surface area (Å²) in [7, 11) is 0. The number of hydrogen-bond donors (Lipinski definition) is 2. The molecule has 0 amide bonds. The molecule has 0 bridgehead atoms. The second-order valence-electron chi connectivity index (χ2n) is 2.95. The first-order chi connectivity index (χ1) is 6.61. The number of nitrogens with zero attached hydrogens (tertiary/aromatic N) is 1. The van der Waals surface area contributed by atoms with Gasteiger partial charge in [0.05, 0.1) is 11.2 Å². The molecule has 3 nitrogen and oxygen atoms in total. The Hall–Kier alpha value is -0.590. The van der Waals surface area contributed by atoms with Gasteiger partial charge >= 0.3 is 0 Å². The number of aliphatic hydroxyl groups is 1. The van der Waals surface area contributed by atoms with Gasteiger partial charge in [-0.25, -0.2) is 13.8 Å². The number of rotatable bonds is 5. The van der Waals surface area contributed by atoms with E-state index in [1.165, 1.54) is 11.3 Å². The van der Waals surface area contributed by atoms with Crippen LogP contribution in [0.15, 0.2) is 10.9 Å². The number of thiazole rings is 1. The van der Waals surface area contributed by atoms with Gasteiger partial charge in [0.2, 0.25) is 0 Å². The fourth-order valence-electron chi connectivity index (χ4n) is 0.927. The van der Waals surface area contributed by atoms with Crippen LogP contribution in [0.5, 0.6) is 0 Å². The Morgan fingerprint density at radius 2 is 2.36 bits per heavy atom. The van der Waals surface area contributed by atoms with Crippen molar-refractivity contribution in [3.8, 4) is 0 Å². The fraction of sp³-hybridized carbons (Fsp3) is 0.625. The van der Waals surface area contributed by atoms with Crippen LogP contribution in [0.25, 0.3) is 0 Å². The van der Waals surface area contributed by atoms with Crippen molar-refractivity contribution in [3.63, 3.8) is 0 Å². The first-order valence-corrected chi connectivity index (χ1v) is 5.13. The lowest BCUT2D eigenvalue weighted by Gasteiger charge is -2.14. The molecule has 0 saturated heterocycles. The van der Waals surface area contributed by atoms with Crippen molar-refractivity contribution in [3.05, 3.63) is 16.6 Å². The number of halogens is 2. The third kappa shape index (κ3) is 3.28. The van der Waals surface area contributed by atoms with E-state index in [2.05, 4.69) is 10.3 Å². The van der Waals surface area contributed by atoms with Crippen molar-refractivity contribution in [2.75, 3.05) is 6.54 Å². The second kappa shape index (κ2) is 5.33. The monoisotopic (exact) mass is 222 g/mol. The van der Waals surface area contributed by atoms with Gasteiger partial charge in [-0.15, -0.1) is 11.3 Å². The second-order valence-corrected chi connectivity index (χ2v) is 3.66. The molecule has 0 fully saturated rings. The summed E-state index contributed by atoms with van der Waals surface area (Å²) in [5.74, 6) is 0. The summed E-state index contributed by atoms with van der Waals surface area (Å²) in [5, 5.41) is 13.5. The number of alkyl halides is 2. The van der Waals surface area contributed by atoms with Crippen LogP contribution < -0.4 is 5.32 Å². The topological polar surface area (TPSA) is 45.1 Å².